The highest BCUT2D eigenvalue weighted by Gasteiger charge is 2.35. The minimum atomic E-state index is -3.40. The zero-order chi connectivity index (χ0) is 12.8. The molecule has 0 atom stereocenters. The lowest BCUT2D eigenvalue weighted by molar-refractivity contribution is 0.464. The van der Waals surface area contributed by atoms with E-state index in [2.05, 4.69) is 0 Å². The first-order valence-corrected chi connectivity index (χ1v) is 7.13. The van der Waals surface area contributed by atoms with Crippen LogP contribution in [0.1, 0.15) is 24.0 Å². The van der Waals surface area contributed by atoms with Gasteiger partial charge in [0.15, 0.2) is 0 Å². The first-order valence-electron chi connectivity index (χ1n) is 5.69. The van der Waals surface area contributed by atoms with Crippen LogP contribution in [0, 0.1) is 13.8 Å². The molecule has 0 amide bonds. The Balaban J connectivity index is 2.52. The molecule has 0 aliphatic heterocycles. The minimum Gasteiger partial charge on any atom is -0.399 e. The Labute approximate surface area is 102 Å². The summed E-state index contributed by atoms with van der Waals surface area (Å²) >= 11 is 0. The Morgan fingerprint density at radius 3 is 2.41 bits per heavy atom. The van der Waals surface area contributed by atoms with Crippen LogP contribution in [0.4, 0.5) is 5.69 Å². The largest absolute Gasteiger partial charge is 0.399 e. The molecule has 2 rings (SSSR count). The van der Waals surface area contributed by atoms with Gasteiger partial charge in [-0.25, -0.2) is 8.42 Å². The number of nitrogen functional groups attached to an aromatic ring is 1. The fourth-order valence-electron chi connectivity index (χ4n) is 1.91. The summed E-state index contributed by atoms with van der Waals surface area (Å²) in [4.78, 5) is 0.337. The van der Waals surface area contributed by atoms with Crippen molar-refractivity contribution < 1.29 is 8.42 Å². The third-order valence-corrected chi connectivity index (χ3v) is 5.40. The van der Waals surface area contributed by atoms with Crippen LogP contribution in [0.3, 0.4) is 0 Å². The maximum absolute atomic E-state index is 12.4. The summed E-state index contributed by atoms with van der Waals surface area (Å²) in [6, 6.07) is 3.52. The summed E-state index contributed by atoms with van der Waals surface area (Å²) in [6.07, 6.45) is 1.91. The standard InChI is InChI=1S/C12H18N2O2S/c1-8-6-10(13)7-12(9(8)2)17(15,16)14(3)11-4-5-11/h6-7,11H,4-5,13H2,1-3H3. The van der Waals surface area contributed by atoms with Gasteiger partial charge in [-0.1, -0.05) is 0 Å². The molecule has 4 nitrogen and oxygen atoms in total. The Morgan fingerprint density at radius 2 is 1.88 bits per heavy atom. The molecule has 1 aliphatic rings. The predicted octanol–water partition coefficient (Wildman–Crippen LogP) is 1.67. The summed E-state index contributed by atoms with van der Waals surface area (Å²) in [5, 5.41) is 0. The van der Waals surface area contributed by atoms with Crippen LogP contribution in [0.15, 0.2) is 17.0 Å². The Kier molecular flexibility index (Phi) is 2.91. The van der Waals surface area contributed by atoms with Gasteiger partial charge >= 0.3 is 0 Å². The molecule has 1 aromatic carbocycles. The van der Waals surface area contributed by atoms with Gasteiger partial charge in [-0.15, -0.1) is 0 Å². The second-order valence-corrected chi connectivity index (χ2v) is 6.68. The third-order valence-electron chi connectivity index (χ3n) is 3.36. The van der Waals surface area contributed by atoms with Crippen LogP contribution in [-0.2, 0) is 10.0 Å². The van der Waals surface area contributed by atoms with Gasteiger partial charge in [0.2, 0.25) is 10.0 Å². The number of rotatable bonds is 3. The van der Waals surface area contributed by atoms with Crippen molar-refractivity contribution in [3.05, 3.63) is 23.3 Å². The molecule has 0 unspecified atom stereocenters. The molecule has 0 spiro atoms. The molecule has 94 valence electrons. The van der Waals surface area contributed by atoms with Gasteiger partial charge in [0.1, 0.15) is 0 Å². The lowest BCUT2D eigenvalue weighted by Crippen LogP contribution is -2.29. The SMILES string of the molecule is Cc1cc(N)cc(S(=O)(=O)N(C)C2CC2)c1C. The zero-order valence-corrected chi connectivity index (χ0v) is 11.2. The van der Waals surface area contributed by atoms with Crippen molar-refractivity contribution in [1.82, 2.24) is 4.31 Å². The monoisotopic (exact) mass is 254 g/mol. The Bertz CT molecular complexity index is 548. The van der Waals surface area contributed by atoms with Crippen LogP contribution in [0.2, 0.25) is 0 Å². The molecule has 1 aromatic rings. The van der Waals surface area contributed by atoms with E-state index in [1.54, 1.807) is 19.2 Å². The van der Waals surface area contributed by atoms with E-state index in [-0.39, 0.29) is 6.04 Å². The van der Waals surface area contributed by atoms with Crippen LogP contribution in [0.5, 0.6) is 0 Å². The Morgan fingerprint density at radius 1 is 1.29 bits per heavy atom. The van der Waals surface area contributed by atoms with Crippen LogP contribution in [-0.4, -0.2) is 25.8 Å². The molecule has 0 aromatic heterocycles. The van der Waals surface area contributed by atoms with Crippen molar-refractivity contribution in [2.45, 2.75) is 37.6 Å². The second kappa shape index (κ2) is 3.99. The van der Waals surface area contributed by atoms with E-state index in [1.807, 2.05) is 13.8 Å². The van der Waals surface area contributed by atoms with Gasteiger partial charge < -0.3 is 5.73 Å². The highest BCUT2D eigenvalue weighted by molar-refractivity contribution is 7.89. The highest BCUT2D eigenvalue weighted by atomic mass is 32.2. The van der Waals surface area contributed by atoms with Crippen LogP contribution < -0.4 is 5.73 Å². The molecule has 1 aliphatic carbocycles. The summed E-state index contributed by atoms with van der Waals surface area (Å²) in [5.74, 6) is 0. The molecule has 1 saturated carbocycles. The molecule has 5 heteroatoms. The highest BCUT2D eigenvalue weighted by Crippen LogP contribution is 2.32. The average molecular weight is 254 g/mol. The molecule has 1 fully saturated rings. The topological polar surface area (TPSA) is 63.4 Å². The molecule has 0 bridgehead atoms. The van der Waals surface area contributed by atoms with Crippen molar-refractivity contribution in [3.8, 4) is 0 Å². The van der Waals surface area contributed by atoms with E-state index in [0.717, 1.165) is 24.0 Å². The van der Waals surface area contributed by atoms with Crippen molar-refractivity contribution >= 4 is 15.7 Å². The summed E-state index contributed by atoms with van der Waals surface area (Å²) in [5.41, 5.74) is 7.92. The summed E-state index contributed by atoms with van der Waals surface area (Å²) < 4.78 is 26.3. The van der Waals surface area contributed by atoms with E-state index in [4.69, 9.17) is 5.73 Å². The molecular weight excluding hydrogens is 236 g/mol. The number of anilines is 1. The molecule has 0 radical (unpaired) electrons. The maximum atomic E-state index is 12.4. The number of sulfonamides is 1. The van der Waals surface area contributed by atoms with Crippen molar-refractivity contribution in [3.63, 3.8) is 0 Å². The van der Waals surface area contributed by atoms with E-state index < -0.39 is 10.0 Å². The van der Waals surface area contributed by atoms with Gasteiger partial charge in [-0.3, -0.25) is 0 Å². The lowest BCUT2D eigenvalue weighted by atomic mass is 10.1. The van der Waals surface area contributed by atoms with Crippen molar-refractivity contribution in [2.24, 2.45) is 0 Å². The average Bonchev–Trinajstić information content (AvgIpc) is 3.05. The van der Waals surface area contributed by atoms with E-state index >= 15 is 0 Å². The molecule has 0 saturated heterocycles. The summed E-state index contributed by atoms with van der Waals surface area (Å²) in [6.45, 7) is 3.70. The molecule has 2 N–H and O–H groups in total. The number of nitrogens with two attached hydrogens (primary N) is 1. The number of hydrogen-bond donors (Lipinski definition) is 1. The van der Waals surface area contributed by atoms with Gasteiger partial charge in [0.25, 0.3) is 0 Å². The first-order chi connectivity index (χ1) is 7.84. The third kappa shape index (κ3) is 2.17. The fourth-order valence-corrected chi connectivity index (χ4v) is 3.66. The normalized spacial score (nSPS) is 16.5. The number of benzene rings is 1. The van der Waals surface area contributed by atoms with Crippen molar-refractivity contribution in [2.75, 3.05) is 12.8 Å². The van der Waals surface area contributed by atoms with Crippen molar-refractivity contribution in [1.29, 1.82) is 0 Å². The van der Waals surface area contributed by atoms with E-state index in [9.17, 15) is 8.42 Å². The number of nitrogens with zero attached hydrogens (tertiary/aromatic N) is 1. The summed E-state index contributed by atoms with van der Waals surface area (Å²) in [7, 11) is -1.75. The smallest absolute Gasteiger partial charge is 0.243 e. The molecule has 17 heavy (non-hydrogen) atoms. The number of hydrogen-bond acceptors (Lipinski definition) is 3. The number of aryl methyl sites for hydroxylation is 1. The predicted molar refractivity (Wildman–Crippen MR) is 68.3 cm³/mol. The first kappa shape index (κ1) is 12.4. The quantitative estimate of drug-likeness (QED) is 0.834. The maximum Gasteiger partial charge on any atom is 0.243 e. The minimum absolute atomic E-state index is 0.168. The fraction of sp³-hybridized carbons (Fsp3) is 0.500. The van der Waals surface area contributed by atoms with Gasteiger partial charge in [0.05, 0.1) is 4.90 Å². The van der Waals surface area contributed by atoms with Gasteiger partial charge in [0, 0.05) is 18.8 Å². The molecule has 0 heterocycles. The zero-order valence-electron chi connectivity index (χ0n) is 10.4. The van der Waals surface area contributed by atoms with E-state index in [1.165, 1.54) is 4.31 Å². The van der Waals surface area contributed by atoms with E-state index in [0.29, 0.717) is 10.6 Å². The molecular formula is C12H18N2O2S. The van der Waals surface area contributed by atoms with Crippen LogP contribution in [0.25, 0.3) is 0 Å². The van der Waals surface area contributed by atoms with Gasteiger partial charge in [-0.05, 0) is 49.9 Å². The second-order valence-electron chi connectivity index (χ2n) is 4.71. The van der Waals surface area contributed by atoms with Crippen LogP contribution >= 0.6 is 0 Å². The van der Waals surface area contributed by atoms with Gasteiger partial charge in [-0.2, -0.15) is 4.31 Å². The Hall–Kier alpha value is -1.07. The lowest BCUT2D eigenvalue weighted by Gasteiger charge is -2.19.